The standard InChI is InChI=1S/C15H15BrN2O/c1-10(19)13-7-6-12(8-15(13)17)18-9-11-4-2-3-5-14(11)16/h2-8,18H,9,17H2,1H3. The molecular formula is C15H15BrN2O. The number of benzene rings is 2. The van der Waals surface area contributed by atoms with Crippen LogP contribution in [-0.2, 0) is 6.54 Å². The predicted molar refractivity (Wildman–Crippen MR) is 82.3 cm³/mol. The van der Waals surface area contributed by atoms with E-state index in [1.54, 1.807) is 12.1 Å². The summed E-state index contributed by atoms with van der Waals surface area (Å²) in [5.41, 5.74) is 8.98. The summed E-state index contributed by atoms with van der Waals surface area (Å²) < 4.78 is 1.07. The Bertz CT molecular complexity index is 611. The predicted octanol–water partition coefficient (Wildman–Crippen LogP) is 3.85. The second-order valence-electron chi connectivity index (χ2n) is 4.30. The van der Waals surface area contributed by atoms with Crippen molar-refractivity contribution in [2.75, 3.05) is 11.1 Å². The minimum Gasteiger partial charge on any atom is -0.398 e. The highest BCUT2D eigenvalue weighted by Gasteiger charge is 2.05. The van der Waals surface area contributed by atoms with Gasteiger partial charge in [0.25, 0.3) is 0 Å². The number of carbonyl (C=O) groups excluding carboxylic acids is 1. The third kappa shape index (κ3) is 3.35. The number of nitrogens with one attached hydrogen (secondary N) is 1. The Morgan fingerprint density at radius 3 is 2.63 bits per heavy atom. The van der Waals surface area contributed by atoms with Gasteiger partial charge in [0, 0.05) is 28.0 Å². The van der Waals surface area contributed by atoms with Gasteiger partial charge in [-0.15, -0.1) is 0 Å². The molecule has 0 bridgehead atoms. The van der Waals surface area contributed by atoms with Crippen LogP contribution >= 0.6 is 15.9 Å². The molecule has 19 heavy (non-hydrogen) atoms. The maximum absolute atomic E-state index is 11.3. The zero-order valence-corrected chi connectivity index (χ0v) is 12.2. The lowest BCUT2D eigenvalue weighted by Gasteiger charge is -2.10. The van der Waals surface area contributed by atoms with Gasteiger partial charge in [0.05, 0.1) is 0 Å². The molecule has 0 saturated carbocycles. The third-order valence-electron chi connectivity index (χ3n) is 2.87. The Labute approximate surface area is 121 Å². The van der Waals surface area contributed by atoms with Crippen molar-refractivity contribution in [3.63, 3.8) is 0 Å². The number of nitrogens with two attached hydrogens (primary N) is 1. The molecule has 0 heterocycles. The second-order valence-corrected chi connectivity index (χ2v) is 5.16. The van der Waals surface area contributed by atoms with Crippen molar-refractivity contribution in [1.29, 1.82) is 0 Å². The Balaban J connectivity index is 2.11. The lowest BCUT2D eigenvalue weighted by atomic mass is 10.1. The molecule has 0 fully saturated rings. The van der Waals surface area contributed by atoms with Crippen LogP contribution in [-0.4, -0.2) is 5.78 Å². The molecule has 2 rings (SSSR count). The first-order chi connectivity index (χ1) is 9.08. The molecule has 98 valence electrons. The first-order valence-electron chi connectivity index (χ1n) is 5.95. The first-order valence-corrected chi connectivity index (χ1v) is 6.75. The molecule has 0 aliphatic heterocycles. The van der Waals surface area contributed by atoms with Gasteiger partial charge in [-0.2, -0.15) is 0 Å². The number of rotatable bonds is 4. The van der Waals surface area contributed by atoms with E-state index in [2.05, 4.69) is 21.2 Å². The first kappa shape index (κ1) is 13.6. The quantitative estimate of drug-likeness (QED) is 0.665. The van der Waals surface area contributed by atoms with E-state index in [4.69, 9.17) is 5.73 Å². The van der Waals surface area contributed by atoms with Gasteiger partial charge in [-0.1, -0.05) is 34.1 Å². The maximum atomic E-state index is 11.3. The molecule has 0 spiro atoms. The molecule has 0 aliphatic rings. The zero-order valence-electron chi connectivity index (χ0n) is 10.6. The molecule has 0 aliphatic carbocycles. The summed E-state index contributed by atoms with van der Waals surface area (Å²) in [6, 6.07) is 13.4. The molecule has 2 aromatic carbocycles. The fraction of sp³-hybridized carbons (Fsp3) is 0.133. The van der Waals surface area contributed by atoms with Crippen LogP contribution < -0.4 is 11.1 Å². The molecule has 0 radical (unpaired) electrons. The van der Waals surface area contributed by atoms with Crippen LogP contribution in [0.4, 0.5) is 11.4 Å². The van der Waals surface area contributed by atoms with E-state index in [0.29, 0.717) is 17.8 Å². The van der Waals surface area contributed by atoms with Crippen LogP contribution in [0.25, 0.3) is 0 Å². The normalized spacial score (nSPS) is 10.2. The summed E-state index contributed by atoms with van der Waals surface area (Å²) in [6.07, 6.45) is 0. The Kier molecular flexibility index (Phi) is 4.22. The van der Waals surface area contributed by atoms with Crippen LogP contribution in [0, 0.1) is 0 Å². The van der Waals surface area contributed by atoms with Crippen LogP contribution in [0.5, 0.6) is 0 Å². The van der Waals surface area contributed by atoms with Gasteiger partial charge in [-0.05, 0) is 36.8 Å². The van der Waals surface area contributed by atoms with Crippen molar-refractivity contribution in [3.05, 3.63) is 58.1 Å². The number of ketones is 1. The van der Waals surface area contributed by atoms with Gasteiger partial charge >= 0.3 is 0 Å². The molecule has 4 heteroatoms. The number of Topliss-reactive ketones (excluding diaryl/α,β-unsaturated/α-hetero) is 1. The van der Waals surface area contributed by atoms with Gasteiger partial charge in [0.2, 0.25) is 0 Å². The summed E-state index contributed by atoms with van der Waals surface area (Å²) in [5.74, 6) is -0.0187. The highest BCUT2D eigenvalue weighted by atomic mass is 79.9. The van der Waals surface area contributed by atoms with Crippen molar-refractivity contribution < 1.29 is 4.79 Å². The molecule has 3 N–H and O–H groups in total. The minimum absolute atomic E-state index is 0.0187. The summed E-state index contributed by atoms with van der Waals surface area (Å²) in [7, 11) is 0. The van der Waals surface area contributed by atoms with Gasteiger partial charge in [0.1, 0.15) is 0 Å². The van der Waals surface area contributed by atoms with E-state index >= 15 is 0 Å². The van der Waals surface area contributed by atoms with Gasteiger partial charge in [-0.3, -0.25) is 4.79 Å². The average Bonchev–Trinajstić information content (AvgIpc) is 2.37. The van der Waals surface area contributed by atoms with Crippen molar-refractivity contribution in [2.24, 2.45) is 0 Å². The Hall–Kier alpha value is -1.81. The molecule has 3 nitrogen and oxygen atoms in total. The largest absolute Gasteiger partial charge is 0.398 e. The summed E-state index contributed by atoms with van der Waals surface area (Å²) >= 11 is 3.51. The highest BCUT2D eigenvalue weighted by molar-refractivity contribution is 9.10. The summed E-state index contributed by atoms with van der Waals surface area (Å²) in [4.78, 5) is 11.3. The van der Waals surface area contributed by atoms with Gasteiger partial charge < -0.3 is 11.1 Å². The fourth-order valence-electron chi connectivity index (χ4n) is 1.83. The third-order valence-corrected chi connectivity index (χ3v) is 3.65. The van der Waals surface area contributed by atoms with Crippen molar-refractivity contribution in [3.8, 4) is 0 Å². The number of carbonyl (C=O) groups is 1. The SMILES string of the molecule is CC(=O)c1ccc(NCc2ccccc2Br)cc1N. The Morgan fingerprint density at radius 2 is 2.00 bits per heavy atom. The number of hydrogen-bond donors (Lipinski definition) is 2. The van der Waals surface area contributed by atoms with E-state index in [9.17, 15) is 4.79 Å². The fourth-order valence-corrected chi connectivity index (χ4v) is 2.26. The van der Waals surface area contributed by atoms with Crippen molar-refractivity contribution >= 4 is 33.1 Å². The van der Waals surface area contributed by atoms with E-state index < -0.39 is 0 Å². The molecule has 0 aromatic heterocycles. The minimum atomic E-state index is -0.0187. The van der Waals surface area contributed by atoms with Crippen LogP contribution in [0.15, 0.2) is 46.9 Å². The number of halogens is 1. The van der Waals surface area contributed by atoms with E-state index in [0.717, 1.165) is 15.7 Å². The maximum Gasteiger partial charge on any atom is 0.161 e. The molecular weight excluding hydrogens is 304 g/mol. The van der Waals surface area contributed by atoms with Gasteiger partial charge in [-0.25, -0.2) is 0 Å². The van der Waals surface area contributed by atoms with Crippen LogP contribution in [0.3, 0.4) is 0 Å². The van der Waals surface area contributed by atoms with Crippen LogP contribution in [0.2, 0.25) is 0 Å². The topological polar surface area (TPSA) is 55.1 Å². The molecule has 0 amide bonds. The van der Waals surface area contributed by atoms with E-state index in [1.807, 2.05) is 30.3 Å². The van der Waals surface area contributed by atoms with Crippen molar-refractivity contribution in [1.82, 2.24) is 0 Å². The molecule has 0 atom stereocenters. The molecule has 0 saturated heterocycles. The smallest absolute Gasteiger partial charge is 0.161 e. The lowest BCUT2D eigenvalue weighted by molar-refractivity contribution is 0.101. The van der Waals surface area contributed by atoms with Gasteiger partial charge in [0.15, 0.2) is 5.78 Å². The second kappa shape index (κ2) is 5.89. The highest BCUT2D eigenvalue weighted by Crippen LogP contribution is 2.21. The zero-order chi connectivity index (χ0) is 13.8. The van der Waals surface area contributed by atoms with Crippen molar-refractivity contribution in [2.45, 2.75) is 13.5 Å². The number of nitrogen functional groups attached to an aromatic ring is 1. The number of hydrogen-bond acceptors (Lipinski definition) is 3. The van der Waals surface area contributed by atoms with E-state index in [1.165, 1.54) is 6.92 Å². The monoisotopic (exact) mass is 318 g/mol. The van der Waals surface area contributed by atoms with Crippen LogP contribution in [0.1, 0.15) is 22.8 Å². The average molecular weight is 319 g/mol. The van der Waals surface area contributed by atoms with E-state index in [-0.39, 0.29) is 5.78 Å². The summed E-state index contributed by atoms with van der Waals surface area (Å²) in [5, 5.41) is 3.29. The number of anilines is 2. The Morgan fingerprint density at radius 1 is 1.26 bits per heavy atom. The lowest BCUT2D eigenvalue weighted by Crippen LogP contribution is -2.03. The molecule has 0 unspecified atom stereocenters. The summed E-state index contributed by atoms with van der Waals surface area (Å²) in [6.45, 7) is 2.21. The molecule has 2 aromatic rings.